The van der Waals surface area contributed by atoms with Crippen LogP contribution in [0.4, 0.5) is 0 Å². The quantitative estimate of drug-likeness (QED) is 0.655. The highest BCUT2D eigenvalue weighted by atomic mass is 28.4. The average Bonchev–Trinajstić information content (AvgIpc) is 2.74. The average molecular weight is 231 g/mol. The van der Waals surface area contributed by atoms with Gasteiger partial charge in [-0.1, -0.05) is 13.8 Å². The van der Waals surface area contributed by atoms with Gasteiger partial charge in [-0.3, -0.25) is 4.57 Å². The van der Waals surface area contributed by atoms with Crippen LogP contribution in [0.5, 0.6) is 0 Å². The molecule has 0 radical (unpaired) electrons. The zero-order valence-corrected chi connectivity index (χ0v) is 11.6. The topological polar surface area (TPSA) is 21.7 Å². The molecule has 0 aliphatic carbocycles. The molecule has 0 bridgehead atoms. The first kappa shape index (κ1) is 13.2. The first-order valence-corrected chi connectivity index (χ1v) is 7.97. The Balaban J connectivity index is 2.58. The van der Waals surface area contributed by atoms with Crippen LogP contribution in [0.15, 0.2) is 0 Å². The maximum absolute atomic E-state index is 5.76. The maximum Gasteiger partial charge on any atom is 0.427 e. The van der Waals surface area contributed by atoms with Crippen LogP contribution in [0, 0.1) is 5.92 Å². The summed E-state index contributed by atoms with van der Waals surface area (Å²) < 4.78 is 14.0. The molecule has 0 spiro atoms. The Morgan fingerprint density at radius 2 is 1.67 bits per heavy atom. The summed E-state index contributed by atoms with van der Waals surface area (Å²) in [6.07, 6.45) is 3.79. The lowest BCUT2D eigenvalue weighted by atomic mass is 10.2. The van der Waals surface area contributed by atoms with Gasteiger partial charge < -0.3 is 8.85 Å². The van der Waals surface area contributed by atoms with E-state index in [1.165, 1.54) is 19.3 Å². The van der Waals surface area contributed by atoms with Crippen LogP contribution in [-0.4, -0.2) is 40.6 Å². The first-order valence-electron chi connectivity index (χ1n) is 6.00. The van der Waals surface area contributed by atoms with Gasteiger partial charge in [0, 0.05) is 20.3 Å². The molecule has 0 atom stereocenters. The number of rotatable bonds is 6. The highest BCUT2D eigenvalue weighted by molar-refractivity contribution is 6.64. The molecule has 1 saturated heterocycles. The minimum absolute atomic E-state index is 0.727. The summed E-state index contributed by atoms with van der Waals surface area (Å²) in [6.45, 7) is 6.83. The summed E-state index contributed by atoms with van der Waals surface area (Å²) in [6, 6.07) is 1.09. The molecule has 0 N–H and O–H groups in total. The van der Waals surface area contributed by atoms with Gasteiger partial charge in [0.1, 0.15) is 0 Å². The fourth-order valence-corrected chi connectivity index (χ4v) is 5.58. The highest BCUT2D eigenvalue weighted by Gasteiger charge is 2.44. The number of nitrogens with zero attached hydrogens (tertiary/aromatic N) is 1. The highest BCUT2D eigenvalue weighted by Crippen LogP contribution is 2.25. The minimum Gasteiger partial charge on any atom is -0.386 e. The third-order valence-corrected chi connectivity index (χ3v) is 6.87. The van der Waals surface area contributed by atoms with Gasteiger partial charge >= 0.3 is 8.72 Å². The number of hydrogen-bond acceptors (Lipinski definition) is 3. The molecule has 15 heavy (non-hydrogen) atoms. The fraction of sp³-hybridized carbons (Fsp3) is 1.00. The maximum atomic E-state index is 5.76. The van der Waals surface area contributed by atoms with E-state index in [1.807, 2.05) is 14.2 Å². The Hall–Kier alpha value is 0.0969. The van der Waals surface area contributed by atoms with E-state index in [-0.39, 0.29) is 0 Å². The van der Waals surface area contributed by atoms with Crippen molar-refractivity contribution in [2.75, 3.05) is 27.3 Å². The Morgan fingerprint density at radius 1 is 1.13 bits per heavy atom. The smallest absolute Gasteiger partial charge is 0.386 e. The van der Waals surface area contributed by atoms with E-state index in [4.69, 9.17) is 8.85 Å². The molecule has 1 heterocycles. The van der Waals surface area contributed by atoms with Crippen molar-refractivity contribution in [3.63, 3.8) is 0 Å². The van der Waals surface area contributed by atoms with E-state index in [0.29, 0.717) is 0 Å². The SMILES string of the molecule is CO[Si](CCC(C)C)(OC)N1CCCC1. The lowest BCUT2D eigenvalue weighted by Gasteiger charge is -2.35. The van der Waals surface area contributed by atoms with Crippen LogP contribution in [0.3, 0.4) is 0 Å². The fourth-order valence-electron chi connectivity index (χ4n) is 2.23. The van der Waals surface area contributed by atoms with E-state index in [9.17, 15) is 0 Å². The van der Waals surface area contributed by atoms with Crippen molar-refractivity contribution >= 4 is 8.72 Å². The molecule has 1 aliphatic heterocycles. The zero-order valence-electron chi connectivity index (χ0n) is 10.6. The molecule has 0 aromatic carbocycles. The predicted octanol–water partition coefficient (Wildman–Crippen LogP) is 2.36. The summed E-state index contributed by atoms with van der Waals surface area (Å²) in [4.78, 5) is 0. The van der Waals surface area contributed by atoms with Crippen molar-refractivity contribution in [1.82, 2.24) is 4.57 Å². The molecular weight excluding hydrogens is 206 g/mol. The summed E-state index contributed by atoms with van der Waals surface area (Å²) in [5.41, 5.74) is 0. The Morgan fingerprint density at radius 3 is 2.07 bits per heavy atom. The molecule has 1 aliphatic rings. The van der Waals surface area contributed by atoms with Crippen LogP contribution in [0.1, 0.15) is 33.1 Å². The van der Waals surface area contributed by atoms with Crippen molar-refractivity contribution in [2.45, 2.75) is 39.2 Å². The summed E-state index contributed by atoms with van der Waals surface area (Å²) in [5.74, 6) is 0.727. The molecular formula is C11H25NO2Si. The molecule has 90 valence electrons. The lowest BCUT2D eigenvalue weighted by molar-refractivity contribution is 0.172. The first-order chi connectivity index (χ1) is 7.14. The Labute approximate surface area is 95.1 Å². The third-order valence-electron chi connectivity index (χ3n) is 3.26. The molecule has 0 amide bonds. The van der Waals surface area contributed by atoms with Crippen LogP contribution < -0.4 is 0 Å². The molecule has 0 aromatic rings. The Bertz CT molecular complexity index is 177. The van der Waals surface area contributed by atoms with Crippen LogP contribution in [-0.2, 0) is 8.85 Å². The van der Waals surface area contributed by atoms with E-state index < -0.39 is 8.72 Å². The molecule has 4 heteroatoms. The summed E-state index contributed by atoms with van der Waals surface area (Å²) in [7, 11) is 1.59. The summed E-state index contributed by atoms with van der Waals surface area (Å²) in [5, 5.41) is 0. The van der Waals surface area contributed by atoms with Gasteiger partial charge in [0.25, 0.3) is 0 Å². The van der Waals surface area contributed by atoms with Crippen molar-refractivity contribution in [3.05, 3.63) is 0 Å². The predicted molar refractivity (Wildman–Crippen MR) is 64.8 cm³/mol. The van der Waals surface area contributed by atoms with Gasteiger partial charge in [-0.25, -0.2) is 0 Å². The van der Waals surface area contributed by atoms with Crippen LogP contribution in [0.25, 0.3) is 0 Å². The van der Waals surface area contributed by atoms with Crippen molar-refractivity contribution < 1.29 is 8.85 Å². The van der Waals surface area contributed by atoms with Crippen molar-refractivity contribution in [1.29, 1.82) is 0 Å². The molecule has 3 nitrogen and oxygen atoms in total. The minimum atomic E-state index is -2.04. The van der Waals surface area contributed by atoms with Crippen LogP contribution in [0.2, 0.25) is 6.04 Å². The van der Waals surface area contributed by atoms with Crippen LogP contribution >= 0.6 is 0 Å². The van der Waals surface area contributed by atoms with E-state index in [0.717, 1.165) is 25.1 Å². The molecule has 1 fully saturated rings. The second kappa shape index (κ2) is 5.99. The third kappa shape index (κ3) is 3.28. The largest absolute Gasteiger partial charge is 0.427 e. The zero-order chi connectivity index (χ0) is 11.3. The molecule has 0 aromatic heterocycles. The molecule has 0 unspecified atom stereocenters. The normalized spacial score (nSPS) is 19.0. The second-order valence-electron chi connectivity index (χ2n) is 4.75. The van der Waals surface area contributed by atoms with Gasteiger partial charge in [-0.05, 0) is 38.3 Å². The second-order valence-corrected chi connectivity index (χ2v) is 8.12. The molecule has 1 rings (SSSR count). The van der Waals surface area contributed by atoms with Crippen molar-refractivity contribution in [3.8, 4) is 0 Å². The lowest BCUT2D eigenvalue weighted by Crippen LogP contribution is -2.56. The van der Waals surface area contributed by atoms with Gasteiger partial charge in [0.15, 0.2) is 0 Å². The van der Waals surface area contributed by atoms with Gasteiger partial charge in [-0.2, -0.15) is 0 Å². The van der Waals surface area contributed by atoms with Gasteiger partial charge in [0.05, 0.1) is 0 Å². The number of hydrogen-bond donors (Lipinski definition) is 0. The molecule has 0 saturated carbocycles. The summed E-state index contributed by atoms with van der Waals surface area (Å²) >= 11 is 0. The van der Waals surface area contributed by atoms with E-state index in [1.54, 1.807) is 0 Å². The monoisotopic (exact) mass is 231 g/mol. The van der Waals surface area contributed by atoms with E-state index >= 15 is 0 Å². The van der Waals surface area contributed by atoms with Gasteiger partial charge in [0.2, 0.25) is 0 Å². The van der Waals surface area contributed by atoms with Crippen molar-refractivity contribution in [2.24, 2.45) is 5.92 Å². The van der Waals surface area contributed by atoms with Gasteiger partial charge in [-0.15, -0.1) is 0 Å². The van der Waals surface area contributed by atoms with E-state index in [2.05, 4.69) is 18.4 Å². The standard InChI is InChI=1S/C11H25NO2Si/c1-11(2)7-10-15(13-3,14-4)12-8-5-6-9-12/h11H,5-10H2,1-4H3. The Kier molecular flexibility index (Phi) is 5.25.